The number of fused-ring (bicyclic) bond motifs is 2. The summed E-state index contributed by atoms with van der Waals surface area (Å²) in [6, 6.07) is 3.32. The fourth-order valence-electron chi connectivity index (χ4n) is 3.30. The van der Waals surface area contributed by atoms with Gasteiger partial charge in [-0.2, -0.15) is 13.9 Å². The van der Waals surface area contributed by atoms with Crippen molar-refractivity contribution in [1.82, 2.24) is 19.6 Å². The predicted octanol–water partition coefficient (Wildman–Crippen LogP) is 4.53. The number of hydrogen-bond donors (Lipinski definition) is 2. The number of halogens is 5. The first-order valence-corrected chi connectivity index (χ1v) is 10.3. The van der Waals surface area contributed by atoms with Gasteiger partial charge in [-0.3, -0.25) is 9.59 Å². The second-order valence-corrected chi connectivity index (χ2v) is 8.52. The number of aromatic nitrogens is 4. The van der Waals surface area contributed by atoms with Crippen LogP contribution in [0.2, 0.25) is 0 Å². The average Bonchev–Trinajstić information content (AvgIpc) is 3.28. The zero-order valence-corrected chi connectivity index (χ0v) is 18.4. The van der Waals surface area contributed by atoms with E-state index in [-0.39, 0.29) is 37.8 Å². The van der Waals surface area contributed by atoms with Crippen molar-refractivity contribution in [2.45, 2.75) is 25.7 Å². The molecule has 0 aliphatic carbocycles. The van der Waals surface area contributed by atoms with E-state index in [1.54, 1.807) is 0 Å². The van der Waals surface area contributed by atoms with Gasteiger partial charge in [0.2, 0.25) is 0 Å². The van der Waals surface area contributed by atoms with Crippen LogP contribution in [0.4, 0.5) is 23.2 Å². The minimum absolute atomic E-state index is 0.0394. The molecule has 0 spiro atoms. The maximum Gasteiger partial charge on any atom is 0.364 e. The first-order valence-electron chi connectivity index (χ1n) is 9.14. The van der Waals surface area contributed by atoms with Crippen LogP contribution >= 0.6 is 22.9 Å². The van der Waals surface area contributed by atoms with E-state index < -0.39 is 35.0 Å². The van der Waals surface area contributed by atoms with E-state index in [2.05, 4.69) is 20.4 Å². The monoisotopic (exact) mass is 500 g/mol. The Kier molecular flexibility index (Phi) is 5.48. The third-order valence-electron chi connectivity index (χ3n) is 4.64. The van der Waals surface area contributed by atoms with Gasteiger partial charge in [0.15, 0.2) is 11.3 Å². The lowest BCUT2D eigenvalue weighted by molar-refractivity contribution is 0.0867. The molecule has 4 heterocycles. The number of anilines is 1. The number of alkyl halides is 5. The highest BCUT2D eigenvalue weighted by atomic mass is 35.5. The van der Waals surface area contributed by atoms with Gasteiger partial charge in [-0.1, -0.05) is 0 Å². The number of nitrogens with zero attached hydrogens (tertiary/aromatic N) is 4. The summed E-state index contributed by atoms with van der Waals surface area (Å²) < 4.78 is 54.6. The van der Waals surface area contributed by atoms with Crippen LogP contribution < -0.4 is 11.1 Å². The van der Waals surface area contributed by atoms with E-state index >= 15 is 0 Å². The van der Waals surface area contributed by atoms with Gasteiger partial charge >= 0.3 is 5.38 Å². The average molecular weight is 501 g/mol. The number of amides is 2. The summed E-state index contributed by atoms with van der Waals surface area (Å²) in [5.41, 5.74) is 4.37. The van der Waals surface area contributed by atoms with Crippen molar-refractivity contribution in [3.63, 3.8) is 0 Å². The summed E-state index contributed by atoms with van der Waals surface area (Å²) in [5.74, 6) is -1.79. The van der Waals surface area contributed by atoms with Gasteiger partial charge in [0, 0.05) is 17.1 Å². The molecule has 2 amide bonds. The second kappa shape index (κ2) is 7.92. The zero-order valence-electron chi connectivity index (χ0n) is 16.8. The number of nitrogens with one attached hydrogen (secondary N) is 1. The van der Waals surface area contributed by atoms with Crippen LogP contribution in [0.3, 0.4) is 0 Å². The van der Waals surface area contributed by atoms with Crippen molar-refractivity contribution in [1.29, 1.82) is 0 Å². The Hall–Kier alpha value is -3.32. The van der Waals surface area contributed by atoms with Crippen LogP contribution in [0.15, 0.2) is 18.2 Å². The predicted molar refractivity (Wildman–Crippen MR) is 113 cm³/mol. The van der Waals surface area contributed by atoms with Crippen LogP contribution in [-0.4, -0.2) is 31.4 Å². The largest absolute Gasteiger partial charge is 0.365 e. The van der Waals surface area contributed by atoms with E-state index in [1.165, 1.54) is 13.8 Å². The van der Waals surface area contributed by atoms with Gasteiger partial charge in [0.1, 0.15) is 21.1 Å². The Morgan fingerprint density at radius 3 is 2.52 bits per heavy atom. The molecule has 172 valence electrons. The summed E-state index contributed by atoms with van der Waals surface area (Å²) in [7, 11) is 0. The standard InChI is InChI=1S/C19H13ClF4N6O2S/c1-6-3-8(15(21)22)27-18-12(6)13(14(33-18)16(25)31)28-17(32)9-5-11-26-7(2)4-10(19(20,23)24)30(11)29-9/h3-5,15H,1-2H3,(H2,25,31)(H,28,32). The number of thiophene rings is 1. The first-order chi connectivity index (χ1) is 15.4. The van der Waals surface area contributed by atoms with Crippen molar-refractivity contribution < 1.29 is 27.2 Å². The number of hydrogen-bond acceptors (Lipinski definition) is 6. The third-order valence-corrected chi connectivity index (χ3v) is 5.94. The van der Waals surface area contributed by atoms with Crippen molar-refractivity contribution >= 4 is 56.3 Å². The van der Waals surface area contributed by atoms with Gasteiger partial charge in [0.05, 0.1) is 5.69 Å². The normalized spacial score (nSPS) is 12.1. The second-order valence-electron chi connectivity index (χ2n) is 7.05. The molecule has 0 unspecified atom stereocenters. The van der Waals surface area contributed by atoms with Gasteiger partial charge < -0.3 is 11.1 Å². The molecule has 0 aliphatic rings. The molecule has 8 nitrogen and oxygen atoms in total. The van der Waals surface area contributed by atoms with Crippen molar-refractivity contribution in [3.05, 3.63) is 51.4 Å². The molecule has 4 rings (SSSR count). The summed E-state index contributed by atoms with van der Waals surface area (Å²) >= 11 is 5.89. The van der Waals surface area contributed by atoms with E-state index in [0.29, 0.717) is 5.56 Å². The van der Waals surface area contributed by atoms with Crippen LogP contribution in [-0.2, 0) is 5.38 Å². The van der Waals surface area contributed by atoms with Crippen LogP contribution in [0.1, 0.15) is 49.2 Å². The molecule has 0 fully saturated rings. The number of pyridine rings is 1. The molecule has 0 atom stereocenters. The quantitative estimate of drug-likeness (QED) is 0.308. The fourth-order valence-corrected chi connectivity index (χ4v) is 4.50. The molecule has 14 heteroatoms. The number of primary amides is 1. The number of nitrogens with two attached hydrogens (primary N) is 1. The molecule has 0 aromatic carbocycles. The van der Waals surface area contributed by atoms with Gasteiger partial charge in [0.25, 0.3) is 18.2 Å². The zero-order chi connectivity index (χ0) is 24.2. The van der Waals surface area contributed by atoms with Crippen LogP contribution in [0.5, 0.6) is 0 Å². The van der Waals surface area contributed by atoms with E-state index in [9.17, 15) is 27.2 Å². The SMILES string of the molecule is Cc1cc(C(F)(F)Cl)n2nc(C(=O)Nc3c(C(N)=O)sc4nc(C(F)F)cc(C)c34)cc2n1. The Labute approximate surface area is 191 Å². The van der Waals surface area contributed by atoms with E-state index in [0.717, 1.165) is 34.1 Å². The lowest BCUT2D eigenvalue weighted by Crippen LogP contribution is -2.18. The summed E-state index contributed by atoms with van der Waals surface area (Å²) in [4.78, 5) is 32.7. The minimum atomic E-state index is -3.78. The summed E-state index contributed by atoms with van der Waals surface area (Å²) in [6.45, 7) is 2.98. The highest BCUT2D eigenvalue weighted by Crippen LogP contribution is 2.38. The molecule has 3 N–H and O–H groups in total. The van der Waals surface area contributed by atoms with Gasteiger partial charge in [-0.05, 0) is 43.1 Å². The van der Waals surface area contributed by atoms with E-state index in [4.69, 9.17) is 17.3 Å². The molecule has 0 radical (unpaired) electrons. The highest BCUT2D eigenvalue weighted by Gasteiger charge is 2.33. The van der Waals surface area contributed by atoms with Crippen molar-refractivity contribution in [2.75, 3.05) is 5.32 Å². The smallest absolute Gasteiger partial charge is 0.364 e. The van der Waals surface area contributed by atoms with Crippen molar-refractivity contribution in [2.24, 2.45) is 5.73 Å². The molecule has 4 aromatic rings. The molecule has 33 heavy (non-hydrogen) atoms. The first kappa shape index (κ1) is 22.9. The summed E-state index contributed by atoms with van der Waals surface area (Å²) in [6.07, 6.45) is -2.84. The molecular formula is C19H13ClF4N6O2S. The van der Waals surface area contributed by atoms with Crippen molar-refractivity contribution in [3.8, 4) is 0 Å². The number of aryl methyl sites for hydroxylation is 2. The van der Waals surface area contributed by atoms with Gasteiger partial charge in [-0.25, -0.2) is 23.3 Å². The third kappa shape index (κ3) is 4.09. The topological polar surface area (TPSA) is 115 Å². The molecular weight excluding hydrogens is 488 g/mol. The lowest BCUT2D eigenvalue weighted by atomic mass is 10.1. The Morgan fingerprint density at radius 1 is 1.21 bits per heavy atom. The molecule has 0 saturated heterocycles. The minimum Gasteiger partial charge on any atom is -0.365 e. The fraction of sp³-hybridized carbons (Fsp3) is 0.211. The Morgan fingerprint density at radius 2 is 1.91 bits per heavy atom. The Bertz CT molecular complexity index is 1450. The number of carbonyl (C=O) groups is 2. The summed E-state index contributed by atoms with van der Waals surface area (Å²) in [5, 5.41) is 2.81. The molecule has 4 aromatic heterocycles. The molecule has 0 aliphatic heterocycles. The Balaban J connectivity index is 1.82. The highest BCUT2D eigenvalue weighted by molar-refractivity contribution is 7.21. The molecule has 0 saturated carbocycles. The molecule has 0 bridgehead atoms. The van der Waals surface area contributed by atoms with Gasteiger partial charge in [-0.15, -0.1) is 11.3 Å². The van der Waals surface area contributed by atoms with E-state index in [1.807, 2.05) is 0 Å². The maximum atomic E-state index is 13.8. The lowest BCUT2D eigenvalue weighted by Gasteiger charge is -2.10. The van der Waals surface area contributed by atoms with Crippen LogP contribution in [0.25, 0.3) is 15.9 Å². The number of rotatable bonds is 5. The maximum absolute atomic E-state index is 13.8. The van der Waals surface area contributed by atoms with Crippen LogP contribution in [0, 0.1) is 13.8 Å². The number of carbonyl (C=O) groups excluding carboxylic acids is 2.